The van der Waals surface area contributed by atoms with E-state index >= 15 is 0 Å². The van der Waals surface area contributed by atoms with E-state index in [1.165, 1.54) is 11.1 Å². The Morgan fingerprint density at radius 2 is 1.82 bits per heavy atom. The Kier molecular flexibility index (Phi) is 4.95. The molecule has 0 radical (unpaired) electrons. The van der Waals surface area contributed by atoms with Crippen LogP contribution in [-0.2, 0) is 4.79 Å². The Morgan fingerprint density at radius 3 is 2.29 bits per heavy atom. The summed E-state index contributed by atoms with van der Waals surface area (Å²) in [5.41, 5.74) is 2.37. The molecule has 2 heteroatoms. The average Bonchev–Trinajstić information content (AvgIpc) is 2.26. The molecule has 2 nitrogen and oxygen atoms in total. The monoisotopic (exact) mass is 231 g/mol. The minimum Gasteiger partial charge on any atom is -0.337 e. The van der Waals surface area contributed by atoms with E-state index in [4.69, 9.17) is 0 Å². The van der Waals surface area contributed by atoms with Crippen LogP contribution < -0.4 is 0 Å². The van der Waals surface area contributed by atoms with Crippen LogP contribution in [0.1, 0.15) is 33.3 Å². The van der Waals surface area contributed by atoms with Gasteiger partial charge in [-0.05, 0) is 26.3 Å². The zero-order chi connectivity index (χ0) is 12.8. The van der Waals surface area contributed by atoms with Crippen LogP contribution in [0.15, 0.2) is 35.9 Å². The summed E-state index contributed by atoms with van der Waals surface area (Å²) in [4.78, 5) is 13.3. The molecule has 0 bridgehead atoms. The first-order chi connectivity index (χ1) is 8.00. The lowest BCUT2D eigenvalue weighted by atomic mass is 10.1. The van der Waals surface area contributed by atoms with Crippen molar-refractivity contribution in [1.29, 1.82) is 0 Å². The zero-order valence-electron chi connectivity index (χ0n) is 11.1. The van der Waals surface area contributed by atoms with Crippen LogP contribution in [0.3, 0.4) is 0 Å². The second kappa shape index (κ2) is 6.24. The summed E-state index contributed by atoms with van der Waals surface area (Å²) in [6, 6.07) is 10.4. The van der Waals surface area contributed by atoms with Crippen molar-refractivity contribution in [2.45, 2.75) is 33.7 Å². The predicted molar refractivity (Wildman–Crippen MR) is 72.6 cm³/mol. The first-order valence-corrected chi connectivity index (χ1v) is 6.00. The molecule has 1 rings (SSSR count). The molecular formula is C15H21NO. The number of carbonyl (C=O) groups excluding carboxylic acids is 1. The summed E-state index contributed by atoms with van der Waals surface area (Å²) < 4.78 is 0. The van der Waals surface area contributed by atoms with Crippen molar-refractivity contribution in [2.75, 3.05) is 6.54 Å². The molecule has 1 aromatic carbocycles. The summed E-state index contributed by atoms with van der Waals surface area (Å²) in [7, 11) is 0. The Hall–Kier alpha value is -1.57. The highest BCUT2D eigenvalue weighted by atomic mass is 16.2. The molecule has 0 saturated carbocycles. The quantitative estimate of drug-likeness (QED) is 0.778. The average molecular weight is 231 g/mol. The highest BCUT2D eigenvalue weighted by Gasteiger charge is 2.12. The molecule has 1 amide bonds. The molecule has 0 unspecified atom stereocenters. The summed E-state index contributed by atoms with van der Waals surface area (Å²) in [6.07, 6.45) is 2.12. The lowest BCUT2D eigenvalue weighted by Gasteiger charge is -2.25. The molecule has 0 saturated heterocycles. The van der Waals surface area contributed by atoms with Gasteiger partial charge in [0.15, 0.2) is 0 Å². The third kappa shape index (κ3) is 4.43. The van der Waals surface area contributed by atoms with E-state index in [2.05, 4.69) is 25.1 Å². The molecule has 0 aromatic heterocycles. The fraction of sp³-hybridized carbons (Fsp3) is 0.400. The Labute approximate surface area is 104 Å². The van der Waals surface area contributed by atoms with E-state index in [1.54, 1.807) is 6.92 Å². The van der Waals surface area contributed by atoms with E-state index in [0.29, 0.717) is 6.54 Å². The molecule has 92 valence electrons. The van der Waals surface area contributed by atoms with Crippen LogP contribution in [0, 0.1) is 0 Å². The smallest absolute Gasteiger partial charge is 0.219 e. The molecule has 0 fully saturated rings. The third-order valence-electron chi connectivity index (χ3n) is 2.66. The van der Waals surface area contributed by atoms with Gasteiger partial charge in [0.25, 0.3) is 0 Å². The lowest BCUT2D eigenvalue weighted by Crippen LogP contribution is -2.36. The van der Waals surface area contributed by atoms with Crippen LogP contribution >= 0.6 is 0 Å². The highest BCUT2D eigenvalue weighted by Crippen LogP contribution is 2.09. The van der Waals surface area contributed by atoms with Crippen LogP contribution in [0.5, 0.6) is 0 Å². The second-order valence-corrected chi connectivity index (χ2v) is 4.64. The van der Waals surface area contributed by atoms with Crippen molar-refractivity contribution in [3.05, 3.63) is 41.5 Å². The maximum absolute atomic E-state index is 11.5. The highest BCUT2D eigenvalue weighted by molar-refractivity contribution is 5.74. The number of carbonyl (C=O) groups is 1. The normalized spacial score (nSPS) is 11.7. The maximum atomic E-state index is 11.5. The minimum absolute atomic E-state index is 0.126. The molecule has 0 N–H and O–H groups in total. The van der Waals surface area contributed by atoms with Gasteiger partial charge >= 0.3 is 0 Å². The number of hydrogen-bond acceptors (Lipinski definition) is 1. The Balaban J connectivity index is 2.74. The number of benzene rings is 1. The summed E-state index contributed by atoms with van der Waals surface area (Å²) in [5, 5.41) is 0. The molecule has 0 aliphatic rings. The molecule has 0 heterocycles. The zero-order valence-corrected chi connectivity index (χ0v) is 11.1. The predicted octanol–water partition coefficient (Wildman–Crippen LogP) is 3.35. The third-order valence-corrected chi connectivity index (χ3v) is 2.66. The Bertz CT molecular complexity index is 393. The molecule has 0 aliphatic heterocycles. The van der Waals surface area contributed by atoms with E-state index < -0.39 is 0 Å². The van der Waals surface area contributed by atoms with Crippen molar-refractivity contribution < 1.29 is 4.79 Å². The van der Waals surface area contributed by atoms with Crippen LogP contribution in [0.2, 0.25) is 0 Å². The van der Waals surface area contributed by atoms with Gasteiger partial charge in [-0.1, -0.05) is 42.0 Å². The summed E-state index contributed by atoms with van der Waals surface area (Å²) in [6.45, 7) is 8.46. The van der Waals surface area contributed by atoms with Gasteiger partial charge in [-0.3, -0.25) is 4.79 Å². The van der Waals surface area contributed by atoms with Gasteiger partial charge < -0.3 is 4.90 Å². The molecular weight excluding hydrogens is 210 g/mol. The molecule has 17 heavy (non-hydrogen) atoms. The number of hydrogen-bond donors (Lipinski definition) is 0. The molecule has 1 aromatic rings. The topological polar surface area (TPSA) is 20.3 Å². The maximum Gasteiger partial charge on any atom is 0.219 e. The Morgan fingerprint density at radius 1 is 1.24 bits per heavy atom. The van der Waals surface area contributed by atoms with Gasteiger partial charge in [0.2, 0.25) is 5.91 Å². The first kappa shape index (κ1) is 13.5. The van der Waals surface area contributed by atoms with Crippen LogP contribution in [0.25, 0.3) is 6.08 Å². The SMILES string of the molecule is CC(=O)N(CC(C)=Cc1ccccc1)C(C)C. The number of rotatable bonds is 4. The minimum atomic E-state index is 0.126. The largest absolute Gasteiger partial charge is 0.337 e. The van der Waals surface area contributed by atoms with E-state index in [-0.39, 0.29) is 11.9 Å². The van der Waals surface area contributed by atoms with E-state index in [9.17, 15) is 4.79 Å². The number of nitrogens with zero attached hydrogens (tertiary/aromatic N) is 1. The van der Waals surface area contributed by atoms with Crippen molar-refractivity contribution in [2.24, 2.45) is 0 Å². The summed E-state index contributed by atoms with van der Waals surface area (Å²) >= 11 is 0. The van der Waals surface area contributed by atoms with Gasteiger partial charge in [-0.25, -0.2) is 0 Å². The second-order valence-electron chi connectivity index (χ2n) is 4.64. The molecule has 0 aliphatic carbocycles. The molecule has 0 spiro atoms. The first-order valence-electron chi connectivity index (χ1n) is 6.00. The standard InChI is InChI=1S/C15H21NO/c1-12(2)16(14(4)17)11-13(3)10-15-8-6-5-7-9-15/h5-10,12H,11H2,1-4H3. The fourth-order valence-corrected chi connectivity index (χ4v) is 1.81. The van der Waals surface area contributed by atoms with Crippen molar-refractivity contribution >= 4 is 12.0 Å². The van der Waals surface area contributed by atoms with E-state index in [1.807, 2.05) is 36.9 Å². The van der Waals surface area contributed by atoms with Crippen LogP contribution in [-0.4, -0.2) is 23.4 Å². The fourth-order valence-electron chi connectivity index (χ4n) is 1.81. The van der Waals surface area contributed by atoms with Gasteiger partial charge in [0.1, 0.15) is 0 Å². The van der Waals surface area contributed by atoms with Gasteiger partial charge in [-0.2, -0.15) is 0 Å². The molecule has 0 atom stereocenters. The van der Waals surface area contributed by atoms with Crippen molar-refractivity contribution in [3.63, 3.8) is 0 Å². The number of amides is 1. The summed E-state index contributed by atoms with van der Waals surface area (Å²) in [5.74, 6) is 0.126. The van der Waals surface area contributed by atoms with Crippen molar-refractivity contribution in [3.8, 4) is 0 Å². The van der Waals surface area contributed by atoms with Gasteiger partial charge in [-0.15, -0.1) is 0 Å². The van der Waals surface area contributed by atoms with Gasteiger partial charge in [0, 0.05) is 19.5 Å². The van der Waals surface area contributed by atoms with Crippen LogP contribution in [0.4, 0.5) is 0 Å². The van der Waals surface area contributed by atoms with E-state index in [0.717, 1.165) is 0 Å². The lowest BCUT2D eigenvalue weighted by molar-refractivity contribution is -0.129. The van der Waals surface area contributed by atoms with Gasteiger partial charge in [0.05, 0.1) is 0 Å². The van der Waals surface area contributed by atoms with Crippen molar-refractivity contribution in [1.82, 2.24) is 4.90 Å².